The summed E-state index contributed by atoms with van der Waals surface area (Å²) in [4.78, 5) is 0. The standard InChI is InChI=1S/C14H26O2/c1-3-4-5-9-13-14(16-13)10-7-6-8-12-11(2)15-12/h11-14H,3-10H2,1-2H3. The summed E-state index contributed by atoms with van der Waals surface area (Å²) in [5.74, 6) is 0. The van der Waals surface area contributed by atoms with Crippen LogP contribution in [0.3, 0.4) is 0 Å². The van der Waals surface area contributed by atoms with Gasteiger partial charge in [0, 0.05) is 0 Å². The Morgan fingerprint density at radius 2 is 1.25 bits per heavy atom. The van der Waals surface area contributed by atoms with Gasteiger partial charge in [-0.3, -0.25) is 0 Å². The van der Waals surface area contributed by atoms with Crippen molar-refractivity contribution < 1.29 is 9.47 Å². The summed E-state index contributed by atoms with van der Waals surface area (Å²) in [6, 6.07) is 0. The number of ether oxygens (including phenoxy) is 2. The first-order valence-electron chi connectivity index (χ1n) is 7.12. The third kappa shape index (κ3) is 4.06. The molecular formula is C14H26O2. The maximum atomic E-state index is 5.68. The Morgan fingerprint density at radius 1 is 0.750 bits per heavy atom. The van der Waals surface area contributed by atoms with Crippen LogP contribution in [0, 0.1) is 0 Å². The Morgan fingerprint density at radius 3 is 1.75 bits per heavy atom. The lowest BCUT2D eigenvalue weighted by Gasteiger charge is -1.97. The second kappa shape index (κ2) is 6.02. The minimum atomic E-state index is 0.541. The second-order valence-electron chi connectivity index (χ2n) is 5.37. The Balaban J connectivity index is 1.38. The molecule has 4 unspecified atom stereocenters. The lowest BCUT2D eigenvalue weighted by molar-refractivity contribution is 0.342. The highest BCUT2D eigenvalue weighted by molar-refractivity contribution is 4.85. The number of hydrogen-bond donors (Lipinski definition) is 0. The monoisotopic (exact) mass is 226 g/mol. The highest BCUT2D eigenvalue weighted by Crippen LogP contribution is 2.32. The van der Waals surface area contributed by atoms with E-state index in [4.69, 9.17) is 9.47 Å². The normalized spacial score (nSPS) is 36.4. The largest absolute Gasteiger partial charge is 0.370 e. The van der Waals surface area contributed by atoms with Gasteiger partial charge >= 0.3 is 0 Å². The van der Waals surface area contributed by atoms with Crippen LogP contribution in [0.2, 0.25) is 0 Å². The summed E-state index contributed by atoms with van der Waals surface area (Å²) in [5, 5.41) is 0. The van der Waals surface area contributed by atoms with E-state index in [1.807, 2.05) is 0 Å². The van der Waals surface area contributed by atoms with Crippen molar-refractivity contribution in [3.05, 3.63) is 0 Å². The lowest BCUT2D eigenvalue weighted by atomic mass is 10.1. The predicted molar refractivity (Wildman–Crippen MR) is 65.6 cm³/mol. The molecule has 4 atom stereocenters. The van der Waals surface area contributed by atoms with Crippen LogP contribution in [0.5, 0.6) is 0 Å². The molecule has 94 valence electrons. The first kappa shape index (κ1) is 12.4. The number of hydrogen-bond acceptors (Lipinski definition) is 2. The summed E-state index contributed by atoms with van der Waals surface area (Å²) >= 11 is 0. The van der Waals surface area contributed by atoms with Crippen LogP contribution in [-0.2, 0) is 9.47 Å². The van der Waals surface area contributed by atoms with E-state index in [9.17, 15) is 0 Å². The number of rotatable bonds is 9. The molecule has 2 fully saturated rings. The van der Waals surface area contributed by atoms with E-state index in [0.717, 1.165) is 0 Å². The van der Waals surface area contributed by atoms with Gasteiger partial charge in [-0.15, -0.1) is 0 Å². The van der Waals surface area contributed by atoms with Crippen LogP contribution >= 0.6 is 0 Å². The third-order valence-electron chi connectivity index (χ3n) is 3.84. The predicted octanol–water partition coefficient (Wildman–Crippen LogP) is 3.68. The molecule has 0 bridgehead atoms. The fourth-order valence-electron chi connectivity index (χ4n) is 2.51. The topological polar surface area (TPSA) is 25.1 Å². The van der Waals surface area contributed by atoms with Crippen molar-refractivity contribution in [2.75, 3.05) is 0 Å². The fraction of sp³-hybridized carbons (Fsp3) is 1.00. The molecule has 0 N–H and O–H groups in total. The molecule has 0 amide bonds. The molecule has 0 aromatic heterocycles. The number of epoxide rings is 2. The van der Waals surface area contributed by atoms with Gasteiger partial charge in [-0.1, -0.05) is 39.0 Å². The van der Waals surface area contributed by atoms with Crippen LogP contribution in [0.25, 0.3) is 0 Å². The van der Waals surface area contributed by atoms with E-state index in [0.29, 0.717) is 24.4 Å². The number of unbranched alkanes of at least 4 members (excludes halogenated alkanes) is 3. The van der Waals surface area contributed by atoms with Crippen LogP contribution < -0.4 is 0 Å². The Labute approximate surface area is 99.7 Å². The second-order valence-corrected chi connectivity index (χ2v) is 5.37. The van der Waals surface area contributed by atoms with E-state index < -0.39 is 0 Å². The molecule has 2 nitrogen and oxygen atoms in total. The van der Waals surface area contributed by atoms with Gasteiger partial charge in [0.15, 0.2) is 0 Å². The average Bonchev–Trinajstić information content (AvgIpc) is 3.14. The van der Waals surface area contributed by atoms with E-state index in [2.05, 4.69) is 13.8 Å². The minimum Gasteiger partial charge on any atom is -0.370 e. The molecule has 2 heteroatoms. The first-order chi connectivity index (χ1) is 7.81. The maximum Gasteiger partial charge on any atom is 0.0841 e. The quantitative estimate of drug-likeness (QED) is 0.442. The molecule has 0 spiro atoms. The smallest absolute Gasteiger partial charge is 0.0841 e. The first-order valence-corrected chi connectivity index (χ1v) is 7.12. The van der Waals surface area contributed by atoms with Gasteiger partial charge in [-0.25, -0.2) is 0 Å². The molecule has 0 saturated carbocycles. The van der Waals surface area contributed by atoms with Gasteiger partial charge in [0.2, 0.25) is 0 Å². The van der Waals surface area contributed by atoms with Crippen molar-refractivity contribution in [1.29, 1.82) is 0 Å². The van der Waals surface area contributed by atoms with E-state index in [-0.39, 0.29) is 0 Å². The van der Waals surface area contributed by atoms with Gasteiger partial charge in [0.1, 0.15) is 0 Å². The van der Waals surface area contributed by atoms with Crippen molar-refractivity contribution in [2.45, 2.75) is 89.6 Å². The van der Waals surface area contributed by atoms with Gasteiger partial charge < -0.3 is 9.47 Å². The highest BCUT2D eigenvalue weighted by atomic mass is 16.6. The molecule has 2 aliphatic heterocycles. The molecular weight excluding hydrogens is 200 g/mol. The van der Waals surface area contributed by atoms with Crippen LogP contribution in [0.4, 0.5) is 0 Å². The fourth-order valence-corrected chi connectivity index (χ4v) is 2.51. The summed E-state index contributed by atoms with van der Waals surface area (Å²) in [6.07, 6.45) is 12.8. The Hall–Kier alpha value is -0.0800. The summed E-state index contributed by atoms with van der Waals surface area (Å²) < 4.78 is 11.1. The van der Waals surface area contributed by atoms with Gasteiger partial charge in [0.05, 0.1) is 24.4 Å². The van der Waals surface area contributed by atoms with E-state index in [1.165, 1.54) is 51.4 Å². The molecule has 2 aliphatic rings. The molecule has 2 saturated heterocycles. The zero-order valence-electron chi connectivity index (χ0n) is 10.8. The van der Waals surface area contributed by atoms with Gasteiger partial charge in [0.25, 0.3) is 0 Å². The SMILES string of the molecule is CCCCCC1OC1CCCCC1OC1C. The molecule has 2 rings (SSSR count). The summed E-state index contributed by atoms with van der Waals surface area (Å²) in [5.41, 5.74) is 0. The summed E-state index contributed by atoms with van der Waals surface area (Å²) in [7, 11) is 0. The van der Waals surface area contributed by atoms with Crippen LogP contribution in [0.1, 0.15) is 65.2 Å². The average molecular weight is 226 g/mol. The summed E-state index contributed by atoms with van der Waals surface area (Å²) in [6.45, 7) is 4.42. The van der Waals surface area contributed by atoms with Gasteiger partial charge in [-0.2, -0.15) is 0 Å². The van der Waals surface area contributed by atoms with Crippen molar-refractivity contribution in [3.8, 4) is 0 Å². The lowest BCUT2D eigenvalue weighted by Crippen LogP contribution is -1.96. The van der Waals surface area contributed by atoms with Crippen molar-refractivity contribution >= 4 is 0 Å². The van der Waals surface area contributed by atoms with Crippen LogP contribution in [-0.4, -0.2) is 24.4 Å². The van der Waals surface area contributed by atoms with E-state index in [1.54, 1.807) is 0 Å². The molecule has 0 aliphatic carbocycles. The van der Waals surface area contributed by atoms with Crippen molar-refractivity contribution in [1.82, 2.24) is 0 Å². The van der Waals surface area contributed by atoms with E-state index >= 15 is 0 Å². The molecule has 2 heterocycles. The molecule has 16 heavy (non-hydrogen) atoms. The highest BCUT2D eigenvalue weighted by Gasteiger charge is 2.37. The van der Waals surface area contributed by atoms with Crippen molar-refractivity contribution in [3.63, 3.8) is 0 Å². The van der Waals surface area contributed by atoms with Gasteiger partial charge in [-0.05, 0) is 26.2 Å². The molecule has 0 radical (unpaired) electrons. The maximum absolute atomic E-state index is 5.68. The zero-order valence-corrected chi connectivity index (χ0v) is 10.8. The third-order valence-corrected chi connectivity index (χ3v) is 3.84. The molecule has 0 aromatic rings. The minimum absolute atomic E-state index is 0.541. The Bertz CT molecular complexity index is 205. The Kier molecular flexibility index (Phi) is 4.66. The van der Waals surface area contributed by atoms with Crippen molar-refractivity contribution in [2.24, 2.45) is 0 Å². The van der Waals surface area contributed by atoms with Crippen LogP contribution in [0.15, 0.2) is 0 Å². The molecule has 0 aromatic carbocycles. The zero-order chi connectivity index (χ0) is 11.4.